The molecular formula is C16H24N2O3. The Hall–Kier alpha value is -1.75. The molecule has 1 atom stereocenters. The van der Waals surface area contributed by atoms with Gasteiger partial charge in [-0.2, -0.15) is 0 Å². The van der Waals surface area contributed by atoms with Crippen LogP contribution in [0.25, 0.3) is 0 Å². The van der Waals surface area contributed by atoms with Crippen LogP contribution in [0.1, 0.15) is 26.7 Å². The Labute approximate surface area is 125 Å². The SMILES string of the molecule is CCC(CC)N(CCO)C(=O)C1CNc2ccccc2O1. The number of carbonyl (C=O) groups is 1. The van der Waals surface area contributed by atoms with Gasteiger partial charge < -0.3 is 20.1 Å². The van der Waals surface area contributed by atoms with Crippen LogP contribution in [-0.2, 0) is 4.79 Å². The van der Waals surface area contributed by atoms with Crippen LogP contribution >= 0.6 is 0 Å². The molecule has 2 N–H and O–H groups in total. The van der Waals surface area contributed by atoms with Gasteiger partial charge >= 0.3 is 0 Å². The fourth-order valence-electron chi connectivity index (χ4n) is 2.75. The number of para-hydroxylation sites is 2. The lowest BCUT2D eigenvalue weighted by atomic mass is 10.1. The maximum absolute atomic E-state index is 12.7. The summed E-state index contributed by atoms with van der Waals surface area (Å²) in [4.78, 5) is 14.5. The summed E-state index contributed by atoms with van der Waals surface area (Å²) in [7, 11) is 0. The van der Waals surface area contributed by atoms with Crippen molar-refractivity contribution in [3.63, 3.8) is 0 Å². The molecule has 1 heterocycles. The summed E-state index contributed by atoms with van der Waals surface area (Å²) in [6.45, 7) is 4.89. The van der Waals surface area contributed by atoms with Crippen LogP contribution in [-0.4, -0.2) is 47.8 Å². The average molecular weight is 292 g/mol. The molecule has 1 aromatic rings. The zero-order chi connectivity index (χ0) is 15.2. The van der Waals surface area contributed by atoms with E-state index in [4.69, 9.17) is 4.74 Å². The lowest BCUT2D eigenvalue weighted by Crippen LogP contribution is -2.51. The molecule has 1 aliphatic heterocycles. The Morgan fingerprint density at radius 2 is 2.14 bits per heavy atom. The van der Waals surface area contributed by atoms with Crippen molar-refractivity contribution in [3.05, 3.63) is 24.3 Å². The van der Waals surface area contributed by atoms with Crippen LogP contribution in [0.15, 0.2) is 24.3 Å². The molecular weight excluding hydrogens is 268 g/mol. The number of benzene rings is 1. The van der Waals surface area contributed by atoms with E-state index < -0.39 is 6.10 Å². The zero-order valence-electron chi connectivity index (χ0n) is 12.7. The molecule has 21 heavy (non-hydrogen) atoms. The smallest absolute Gasteiger partial charge is 0.265 e. The van der Waals surface area contributed by atoms with Gasteiger partial charge in [0.05, 0.1) is 18.8 Å². The van der Waals surface area contributed by atoms with Gasteiger partial charge in [-0.05, 0) is 25.0 Å². The Kier molecular flexibility index (Phi) is 5.44. The Balaban J connectivity index is 2.11. The minimum Gasteiger partial charge on any atom is -0.477 e. The predicted octanol–water partition coefficient (Wildman–Crippen LogP) is 1.87. The maximum Gasteiger partial charge on any atom is 0.265 e. The Morgan fingerprint density at radius 1 is 1.43 bits per heavy atom. The highest BCUT2D eigenvalue weighted by Gasteiger charge is 2.32. The third kappa shape index (κ3) is 3.47. The molecule has 0 saturated heterocycles. The summed E-state index contributed by atoms with van der Waals surface area (Å²) in [6.07, 6.45) is 1.21. The second-order valence-corrected chi connectivity index (χ2v) is 5.21. The zero-order valence-corrected chi connectivity index (χ0v) is 12.7. The summed E-state index contributed by atoms with van der Waals surface area (Å²) in [5.41, 5.74) is 0.915. The van der Waals surface area contributed by atoms with E-state index in [1.54, 1.807) is 4.90 Å². The highest BCUT2D eigenvalue weighted by Crippen LogP contribution is 2.29. The molecule has 116 valence electrons. The van der Waals surface area contributed by atoms with E-state index in [1.165, 1.54) is 0 Å². The molecule has 1 unspecified atom stereocenters. The van der Waals surface area contributed by atoms with Crippen LogP contribution in [0.2, 0.25) is 0 Å². The van der Waals surface area contributed by atoms with Gasteiger partial charge in [-0.3, -0.25) is 4.79 Å². The Morgan fingerprint density at radius 3 is 2.81 bits per heavy atom. The predicted molar refractivity (Wildman–Crippen MR) is 82.5 cm³/mol. The third-order valence-corrected chi connectivity index (χ3v) is 3.92. The summed E-state index contributed by atoms with van der Waals surface area (Å²) in [5, 5.41) is 12.5. The topological polar surface area (TPSA) is 61.8 Å². The molecule has 1 aromatic carbocycles. The largest absolute Gasteiger partial charge is 0.477 e. The number of carbonyl (C=O) groups excluding carboxylic acids is 1. The number of hydrogen-bond donors (Lipinski definition) is 2. The van der Waals surface area contributed by atoms with Crippen LogP contribution in [0, 0.1) is 0 Å². The number of aliphatic hydroxyl groups is 1. The average Bonchev–Trinajstić information content (AvgIpc) is 2.54. The summed E-state index contributed by atoms with van der Waals surface area (Å²) in [6, 6.07) is 7.75. The summed E-state index contributed by atoms with van der Waals surface area (Å²) in [5.74, 6) is 0.648. The first kappa shape index (κ1) is 15.6. The van der Waals surface area contributed by atoms with Gasteiger partial charge in [0.2, 0.25) is 0 Å². The molecule has 0 bridgehead atoms. The monoisotopic (exact) mass is 292 g/mol. The number of nitrogens with one attached hydrogen (secondary N) is 1. The molecule has 1 amide bonds. The summed E-state index contributed by atoms with van der Waals surface area (Å²) < 4.78 is 5.82. The molecule has 0 radical (unpaired) electrons. The number of fused-ring (bicyclic) bond motifs is 1. The van der Waals surface area contributed by atoms with E-state index in [1.807, 2.05) is 24.3 Å². The second kappa shape index (κ2) is 7.31. The molecule has 0 aliphatic carbocycles. The van der Waals surface area contributed by atoms with Crippen molar-refractivity contribution in [1.82, 2.24) is 4.90 Å². The normalized spacial score (nSPS) is 16.9. The number of anilines is 1. The summed E-state index contributed by atoms with van der Waals surface area (Å²) >= 11 is 0. The first-order valence-electron chi connectivity index (χ1n) is 7.62. The number of ether oxygens (including phenoxy) is 1. The van der Waals surface area contributed by atoms with Gasteiger partial charge in [0.25, 0.3) is 5.91 Å². The van der Waals surface area contributed by atoms with Crippen molar-refractivity contribution in [2.24, 2.45) is 0 Å². The molecule has 1 aliphatic rings. The van der Waals surface area contributed by atoms with Crippen LogP contribution in [0.4, 0.5) is 5.69 Å². The molecule has 0 aromatic heterocycles. The third-order valence-electron chi connectivity index (χ3n) is 3.92. The van der Waals surface area contributed by atoms with Crippen molar-refractivity contribution in [3.8, 4) is 5.75 Å². The molecule has 2 rings (SSSR count). The quantitative estimate of drug-likeness (QED) is 0.840. The van der Waals surface area contributed by atoms with Crippen molar-refractivity contribution in [1.29, 1.82) is 0 Å². The van der Waals surface area contributed by atoms with E-state index >= 15 is 0 Å². The van der Waals surface area contributed by atoms with Gasteiger partial charge in [-0.15, -0.1) is 0 Å². The highest BCUT2D eigenvalue weighted by molar-refractivity contribution is 5.83. The van der Waals surface area contributed by atoms with E-state index in [0.29, 0.717) is 18.8 Å². The first-order valence-corrected chi connectivity index (χ1v) is 7.62. The fourth-order valence-corrected chi connectivity index (χ4v) is 2.75. The van der Waals surface area contributed by atoms with Crippen LogP contribution in [0.5, 0.6) is 5.75 Å². The number of amides is 1. The molecule has 0 fully saturated rings. The number of rotatable bonds is 6. The molecule has 5 nitrogen and oxygen atoms in total. The van der Waals surface area contributed by atoms with E-state index in [0.717, 1.165) is 18.5 Å². The van der Waals surface area contributed by atoms with Crippen molar-refractivity contribution in [2.75, 3.05) is 25.0 Å². The lowest BCUT2D eigenvalue weighted by Gasteiger charge is -2.35. The number of aliphatic hydroxyl groups excluding tert-OH is 1. The fraction of sp³-hybridized carbons (Fsp3) is 0.562. The lowest BCUT2D eigenvalue weighted by molar-refractivity contribution is -0.141. The maximum atomic E-state index is 12.7. The van der Waals surface area contributed by atoms with Crippen molar-refractivity contribution < 1.29 is 14.6 Å². The van der Waals surface area contributed by atoms with Crippen LogP contribution in [0.3, 0.4) is 0 Å². The van der Waals surface area contributed by atoms with E-state index in [-0.39, 0.29) is 18.6 Å². The number of hydrogen-bond acceptors (Lipinski definition) is 4. The molecule has 5 heteroatoms. The second-order valence-electron chi connectivity index (χ2n) is 5.21. The standard InChI is InChI=1S/C16H24N2O3/c1-3-12(4-2)18(9-10-19)16(20)15-11-17-13-7-5-6-8-14(13)21-15/h5-8,12,15,17,19H,3-4,9-11H2,1-2H3. The molecule has 0 saturated carbocycles. The molecule has 0 spiro atoms. The van der Waals surface area contributed by atoms with E-state index in [2.05, 4.69) is 19.2 Å². The van der Waals surface area contributed by atoms with Crippen LogP contribution < -0.4 is 10.1 Å². The van der Waals surface area contributed by atoms with E-state index in [9.17, 15) is 9.90 Å². The van der Waals surface area contributed by atoms with Gasteiger partial charge in [-0.25, -0.2) is 0 Å². The van der Waals surface area contributed by atoms with Gasteiger partial charge in [0.1, 0.15) is 5.75 Å². The Bertz CT molecular complexity index is 474. The van der Waals surface area contributed by atoms with Gasteiger partial charge in [0, 0.05) is 12.6 Å². The minimum absolute atomic E-state index is 0.0288. The first-order chi connectivity index (χ1) is 10.2. The highest BCUT2D eigenvalue weighted by atomic mass is 16.5. The van der Waals surface area contributed by atoms with Gasteiger partial charge in [-0.1, -0.05) is 26.0 Å². The van der Waals surface area contributed by atoms with Crippen molar-refractivity contribution in [2.45, 2.75) is 38.8 Å². The number of nitrogens with zero attached hydrogens (tertiary/aromatic N) is 1. The van der Waals surface area contributed by atoms with Gasteiger partial charge in [0.15, 0.2) is 6.10 Å². The van der Waals surface area contributed by atoms with Crippen molar-refractivity contribution >= 4 is 11.6 Å². The minimum atomic E-state index is -0.535.